The fourth-order valence-corrected chi connectivity index (χ4v) is 6.62. The molecule has 0 unspecified atom stereocenters. The molecule has 224 valence electrons. The Labute approximate surface area is 251 Å². The topological polar surface area (TPSA) is 151 Å². The van der Waals surface area contributed by atoms with Gasteiger partial charge in [-0.25, -0.2) is 15.4 Å². The number of benzene rings is 1. The van der Waals surface area contributed by atoms with Crippen molar-refractivity contribution in [2.45, 2.75) is 19.4 Å². The summed E-state index contributed by atoms with van der Waals surface area (Å²) in [6.07, 6.45) is 2.90. The van der Waals surface area contributed by atoms with Gasteiger partial charge in [-0.2, -0.15) is 13.5 Å². The van der Waals surface area contributed by atoms with Gasteiger partial charge in [0.05, 0.1) is 21.9 Å². The normalized spacial score (nSPS) is 16.9. The second kappa shape index (κ2) is 14.2. The first-order chi connectivity index (χ1) is 20.5. The van der Waals surface area contributed by atoms with Crippen molar-refractivity contribution < 1.29 is 18.4 Å². The summed E-state index contributed by atoms with van der Waals surface area (Å²) in [5, 5.41) is 17.1. The lowest BCUT2D eigenvalue weighted by molar-refractivity contribution is -0.129. The molecule has 0 saturated carbocycles. The van der Waals surface area contributed by atoms with Crippen molar-refractivity contribution in [3.63, 3.8) is 0 Å². The van der Waals surface area contributed by atoms with E-state index >= 15 is 0 Å². The van der Waals surface area contributed by atoms with Gasteiger partial charge in [-0.3, -0.25) is 24.9 Å². The van der Waals surface area contributed by atoms with Crippen LogP contribution in [-0.4, -0.2) is 120 Å². The third kappa shape index (κ3) is 7.17. The Hall–Kier alpha value is -3.34. The third-order valence-corrected chi connectivity index (χ3v) is 8.89. The lowest BCUT2D eigenvalue weighted by Crippen LogP contribution is -2.47. The quantitative estimate of drug-likeness (QED) is 0.197. The number of hydrogen-bond acceptors (Lipinski definition) is 12. The Balaban J connectivity index is 0.00000113. The van der Waals surface area contributed by atoms with Crippen LogP contribution in [0, 0.1) is 0 Å². The summed E-state index contributed by atoms with van der Waals surface area (Å²) in [4.78, 5) is 32.6. The average Bonchev–Trinajstić information content (AvgIpc) is 3.65. The molecule has 15 heteroatoms. The number of fused-ring (bicyclic) bond motifs is 2. The number of carbonyl (C=O) groups excluding carboxylic acids is 1. The number of thiophene rings is 1. The standard InChI is InChI=1S/C27H35N9O2S.O2S/c1-33-8-10-35(11-9-33)18-19-16-23-25(39-19)27(36-14-12-34(13-15-36)7-3-6-24(37)32-38)30-26(29-23)20-4-2-5-22-21(20)17-28-31-22;1-3-2/h2,4-5,16-17,38H,3,6-15,18H2,1H3,(H,28,31)(H,32,37);. The molecule has 0 atom stereocenters. The van der Waals surface area contributed by atoms with E-state index in [-0.39, 0.29) is 5.91 Å². The number of aromatic amines is 1. The number of nitrogens with zero attached hydrogens (tertiary/aromatic N) is 7. The Morgan fingerprint density at radius 3 is 2.55 bits per heavy atom. The number of aromatic nitrogens is 4. The number of amides is 1. The molecule has 3 N–H and O–H groups in total. The minimum atomic E-state index is -0.750. The molecule has 0 aliphatic carbocycles. The molecule has 6 rings (SSSR count). The van der Waals surface area contributed by atoms with Gasteiger partial charge >= 0.3 is 11.6 Å². The Kier molecular flexibility index (Phi) is 10.2. The van der Waals surface area contributed by atoms with E-state index in [9.17, 15) is 4.79 Å². The maximum atomic E-state index is 11.4. The van der Waals surface area contributed by atoms with Gasteiger partial charge in [0.15, 0.2) is 11.6 Å². The molecule has 13 nitrogen and oxygen atoms in total. The number of nitrogens with one attached hydrogen (secondary N) is 2. The monoisotopic (exact) mass is 613 g/mol. The predicted molar refractivity (Wildman–Crippen MR) is 162 cm³/mol. The van der Waals surface area contributed by atoms with Crippen molar-refractivity contribution >= 4 is 55.8 Å². The number of anilines is 1. The molecule has 1 amide bonds. The molecule has 2 saturated heterocycles. The van der Waals surface area contributed by atoms with Gasteiger partial charge in [-0.05, 0) is 32.1 Å². The average molecular weight is 614 g/mol. The van der Waals surface area contributed by atoms with Gasteiger partial charge in [-0.15, -0.1) is 11.3 Å². The number of H-pyrrole nitrogens is 1. The Morgan fingerprint density at radius 1 is 1.07 bits per heavy atom. The summed E-state index contributed by atoms with van der Waals surface area (Å²) >= 11 is 1.07. The molecule has 2 aliphatic heterocycles. The number of hydroxylamine groups is 1. The molecule has 2 aliphatic rings. The third-order valence-electron chi connectivity index (χ3n) is 7.78. The summed E-state index contributed by atoms with van der Waals surface area (Å²) in [5.74, 6) is 1.40. The van der Waals surface area contributed by atoms with Crippen molar-refractivity contribution in [1.82, 2.24) is 40.3 Å². The number of likely N-dealkylation sites (N-methyl/N-ethyl adjacent to an activating group) is 1. The first kappa shape index (κ1) is 30.1. The van der Waals surface area contributed by atoms with Crippen LogP contribution in [0.3, 0.4) is 0 Å². The molecule has 42 heavy (non-hydrogen) atoms. The highest BCUT2D eigenvalue weighted by atomic mass is 32.1. The van der Waals surface area contributed by atoms with E-state index < -0.39 is 11.6 Å². The molecule has 0 radical (unpaired) electrons. The molecule has 3 aromatic heterocycles. The molecule has 4 aromatic rings. The summed E-state index contributed by atoms with van der Waals surface area (Å²) in [6.45, 7) is 9.67. The molecule has 0 bridgehead atoms. The number of hydrogen-bond donors (Lipinski definition) is 3. The summed E-state index contributed by atoms with van der Waals surface area (Å²) in [5.41, 5.74) is 4.68. The van der Waals surface area contributed by atoms with Gasteiger partial charge in [-0.1, -0.05) is 12.1 Å². The van der Waals surface area contributed by atoms with E-state index in [0.717, 1.165) is 110 Å². The van der Waals surface area contributed by atoms with Gasteiger partial charge in [0, 0.05) is 81.2 Å². The van der Waals surface area contributed by atoms with Crippen molar-refractivity contribution in [3.8, 4) is 11.4 Å². The van der Waals surface area contributed by atoms with Crippen LogP contribution in [0.4, 0.5) is 5.82 Å². The summed E-state index contributed by atoms with van der Waals surface area (Å²) in [6, 6.07) is 8.37. The molecular formula is C27H35N9O4S2. The molecular weight excluding hydrogens is 578 g/mol. The van der Waals surface area contributed by atoms with E-state index in [2.05, 4.69) is 49.0 Å². The van der Waals surface area contributed by atoms with Crippen LogP contribution in [0.15, 0.2) is 30.5 Å². The molecule has 1 aromatic carbocycles. The molecule has 2 fully saturated rings. The van der Waals surface area contributed by atoms with Gasteiger partial charge in [0.2, 0.25) is 5.91 Å². The van der Waals surface area contributed by atoms with Crippen molar-refractivity contribution in [2.24, 2.45) is 0 Å². The number of rotatable bonds is 8. The second-order valence-electron chi connectivity index (χ2n) is 10.5. The van der Waals surface area contributed by atoms with Gasteiger partial charge in [0.1, 0.15) is 0 Å². The van der Waals surface area contributed by atoms with Crippen LogP contribution >= 0.6 is 11.3 Å². The van der Waals surface area contributed by atoms with Crippen LogP contribution in [0.5, 0.6) is 0 Å². The maximum Gasteiger partial charge on any atom is 0.335 e. The summed E-state index contributed by atoms with van der Waals surface area (Å²) in [7, 11) is 2.19. The number of piperazine rings is 2. The van der Waals surface area contributed by atoms with Crippen LogP contribution in [0.1, 0.15) is 17.7 Å². The Bertz CT molecular complexity index is 1540. The van der Waals surface area contributed by atoms with Crippen molar-refractivity contribution in [1.29, 1.82) is 0 Å². The second-order valence-corrected chi connectivity index (χ2v) is 11.8. The zero-order chi connectivity index (χ0) is 29.5. The van der Waals surface area contributed by atoms with Crippen LogP contribution in [-0.2, 0) is 22.9 Å². The highest BCUT2D eigenvalue weighted by Gasteiger charge is 2.24. The van der Waals surface area contributed by atoms with Crippen molar-refractivity contribution in [3.05, 3.63) is 35.3 Å². The largest absolute Gasteiger partial charge is 0.353 e. The highest BCUT2D eigenvalue weighted by Crippen LogP contribution is 2.36. The fourth-order valence-electron chi connectivity index (χ4n) is 5.47. The zero-order valence-corrected chi connectivity index (χ0v) is 25.1. The SMILES string of the molecule is CN1CCN(Cc2cc3nc(-c4cccc5[nH]ncc45)nc(N4CCN(CCCC(=O)NO)CC4)c3s2)CC1.O=S=O. The van der Waals surface area contributed by atoms with Crippen LogP contribution in [0.25, 0.3) is 32.5 Å². The minimum Gasteiger partial charge on any atom is -0.353 e. The van der Waals surface area contributed by atoms with E-state index in [1.54, 1.807) is 5.48 Å². The van der Waals surface area contributed by atoms with Crippen LogP contribution < -0.4 is 10.4 Å². The lowest BCUT2D eigenvalue weighted by Gasteiger charge is -2.35. The zero-order valence-electron chi connectivity index (χ0n) is 23.5. The first-order valence-electron chi connectivity index (χ1n) is 13.9. The van der Waals surface area contributed by atoms with Gasteiger partial charge < -0.3 is 9.80 Å². The van der Waals surface area contributed by atoms with E-state index in [0.29, 0.717) is 6.42 Å². The lowest BCUT2D eigenvalue weighted by atomic mass is 10.1. The minimum absolute atomic E-state index is 0.331. The van der Waals surface area contributed by atoms with Gasteiger partial charge in [0.25, 0.3) is 0 Å². The van der Waals surface area contributed by atoms with E-state index in [1.807, 2.05) is 29.7 Å². The first-order valence-corrected chi connectivity index (χ1v) is 15.4. The predicted octanol–water partition coefficient (Wildman–Crippen LogP) is 1.72. The molecule has 0 spiro atoms. The summed E-state index contributed by atoms with van der Waals surface area (Å²) < 4.78 is 17.7. The number of carbonyl (C=O) groups is 1. The van der Waals surface area contributed by atoms with E-state index in [4.69, 9.17) is 23.6 Å². The smallest absolute Gasteiger partial charge is 0.335 e. The Morgan fingerprint density at radius 2 is 1.81 bits per heavy atom. The fraction of sp³-hybridized carbons (Fsp3) is 0.481. The van der Waals surface area contributed by atoms with Crippen molar-refractivity contribution in [2.75, 3.05) is 70.9 Å². The highest BCUT2D eigenvalue weighted by molar-refractivity contribution is 7.51. The molecule has 5 heterocycles. The van der Waals surface area contributed by atoms with Crippen LogP contribution in [0.2, 0.25) is 0 Å². The maximum absolute atomic E-state index is 11.4. The van der Waals surface area contributed by atoms with E-state index in [1.165, 1.54) is 4.88 Å².